The number of Topliss-reactive ketones (excluding diaryl/α,β-unsaturated/α-hetero) is 1. The zero-order valence-corrected chi connectivity index (χ0v) is 10.4. The SMILES string of the molecule is CC(=O)Nc1ccc(C(=O)CC2CCCO2)cc1. The van der Waals surface area contributed by atoms with Gasteiger partial charge in [0.25, 0.3) is 0 Å². The zero-order valence-electron chi connectivity index (χ0n) is 10.4. The number of nitrogens with one attached hydrogen (secondary N) is 1. The van der Waals surface area contributed by atoms with E-state index in [4.69, 9.17) is 4.74 Å². The Morgan fingerprint density at radius 1 is 1.33 bits per heavy atom. The first kappa shape index (κ1) is 12.8. The molecule has 96 valence electrons. The summed E-state index contributed by atoms with van der Waals surface area (Å²) in [6.07, 6.45) is 2.53. The largest absolute Gasteiger partial charge is 0.378 e. The highest BCUT2D eigenvalue weighted by Gasteiger charge is 2.19. The number of carbonyl (C=O) groups excluding carboxylic acids is 2. The third-order valence-electron chi connectivity index (χ3n) is 2.96. The fourth-order valence-corrected chi connectivity index (χ4v) is 2.07. The van der Waals surface area contributed by atoms with Crippen LogP contribution in [0.25, 0.3) is 0 Å². The summed E-state index contributed by atoms with van der Waals surface area (Å²) in [7, 11) is 0. The molecular formula is C14H17NO3. The molecular weight excluding hydrogens is 230 g/mol. The van der Waals surface area contributed by atoms with Crippen molar-refractivity contribution in [2.45, 2.75) is 32.3 Å². The van der Waals surface area contributed by atoms with Crippen LogP contribution < -0.4 is 5.32 Å². The van der Waals surface area contributed by atoms with Crippen LogP contribution in [0.5, 0.6) is 0 Å². The smallest absolute Gasteiger partial charge is 0.221 e. The Hall–Kier alpha value is -1.68. The maximum atomic E-state index is 12.0. The lowest BCUT2D eigenvalue weighted by Gasteiger charge is -2.08. The van der Waals surface area contributed by atoms with Crippen LogP contribution in [0.1, 0.15) is 36.5 Å². The van der Waals surface area contributed by atoms with Gasteiger partial charge in [0.05, 0.1) is 6.10 Å². The van der Waals surface area contributed by atoms with Gasteiger partial charge in [-0.2, -0.15) is 0 Å². The number of amides is 1. The standard InChI is InChI=1S/C14H17NO3/c1-10(16)15-12-6-4-11(5-7-12)14(17)9-13-3-2-8-18-13/h4-7,13H,2-3,8-9H2,1H3,(H,15,16). The molecule has 18 heavy (non-hydrogen) atoms. The fraction of sp³-hybridized carbons (Fsp3) is 0.429. The highest BCUT2D eigenvalue weighted by Crippen LogP contribution is 2.18. The monoisotopic (exact) mass is 247 g/mol. The summed E-state index contributed by atoms with van der Waals surface area (Å²) in [6.45, 7) is 2.22. The lowest BCUT2D eigenvalue weighted by atomic mass is 10.0. The van der Waals surface area contributed by atoms with E-state index in [9.17, 15) is 9.59 Å². The van der Waals surface area contributed by atoms with E-state index >= 15 is 0 Å². The quantitative estimate of drug-likeness (QED) is 0.831. The van der Waals surface area contributed by atoms with Gasteiger partial charge in [-0.1, -0.05) is 0 Å². The lowest BCUT2D eigenvalue weighted by molar-refractivity contribution is -0.114. The summed E-state index contributed by atoms with van der Waals surface area (Å²) in [5, 5.41) is 2.67. The van der Waals surface area contributed by atoms with Gasteiger partial charge in [0.2, 0.25) is 5.91 Å². The van der Waals surface area contributed by atoms with Gasteiger partial charge < -0.3 is 10.1 Å². The van der Waals surface area contributed by atoms with E-state index in [0.717, 1.165) is 19.4 Å². The lowest BCUT2D eigenvalue weighted by Crippen LogP contribution is -2.12. The van der Waals surface area contributed by atoms with Gasteiger partial charge in [-0.25, -0.2) is 0 Å². The van der Waals surface area contributed by atoms with Crippen molar-refractivity contribution in [1.82, 2.24) is 0 Å². The minimum atomic E-state index is -0.117. The van der Waals surface area contributed by atoms with Crippen LogP contribution in [0.4, 0.5) is 5.69 Å². The molecule has 4 nitrogen and oxygen atoms in total. The third-order valence-corrected chi connectivity index (χ3v) is 2.96. The normalized spacial score (nSPS) is 18.6. The molecule has 1 heterocycles. The summed E-state index contributed by atoms with van der Waals surface area (Å²) in [5.74, 6) is -0.0234. The molecule has 1 amide bonds. The minimum absolute atomic E-state index is 0.0764. The number of hydrogen-bond acceptors (Lipinski definition) is 3. The number of ketones is 1. The molecule has 0 radical (unpaired) electrons. The van der Waals surface area contributed by atoms with E-state index in [0.29, 0.717) is 17.7 Å². The molecule has 1 aliphatic heterocycles. The molecule has 1 fully saturated rings. The maximum Gasteiger partial charge on any atom is 0.221 e. The molecule has 1 saturated heterocycles. The van der Waals surface area contributed by atoms with Gasteiger partial charge in [0.15, 0.2) is 5.78 Å². The Morgan fingerprint density at radius 2 is 2.06 bits per heavy atom. The Bertz CT molecular complexity index is 433. The van der Waals surface area contributed by atoms with Gasteiger partial charge >= 0.3 is 0 Å². The summed E-state index contributed by atoms with van der Waals surface area (Å²) in [6, 6.07) is 6.96. The van der Waals surface area contributed by atoms with Crippen LogP contribution in [0.2, 0.25) is 0 Å². The molecule has 2 rings (SSSR count). The highest BCUT2D eigenvalue weighted by molar-refractivity contribution is 5.97. The van der Waals surface area contributed by atoms with Crippen molar-refractivity contribution in [2.75, 3.05) is 11.9 Å². The summed E-state index contributed by atoms with van der Waals surface area (Å²) < 4.78 is 5.44. The number of hydrogen-bond donors (Lipinski definition) is 1. The van der Waals surface area contributed by atoms with E-state index in [1.165, 1.54) is 6.92 Å². The summed E-state index contributed by atoms with van der Waals surface area (Å²) in [4.78, 5) is 22.8. The van der Waals surface area contributed by atoms with Crippen LogP contribution in [0.15, 0.2) is 24.3 Å². The van der Waals surface area contributed by atoms with Gasteiger partial charge in [-0.05, 0) is 37.1 Å². The van der Waals surface area contributed by atoms with Crippen molar-refractivity contribution in [2.24, 2.45) is 0 Å². The van der Waals surface area contributed by atoms with Crippen LogP contribution in [0.3, 0.4) is 0 Å². The molecule has 1 aliphatic rings. The molecule has 0 bridgehead atoms. The molecule has 0 aliphatic carbocycles. The van der Waals surface area contributed by atoms with Crippen molar-refractivity contribution in [3.05, 3.63) is 29.8 Å². The van der Waals surface area contributed by atoms with E-state index in [1.54, 1.807) is 24.3 Å². The first-order valence-corrected chi connectivity index (χ1v) is 6.17. The molecule has 0 spiro atoms. The van der Waals surface area contributed by atoms with Gasteiger partial charge in [-0.3, -0.25) is 9.59 Å². The summed E-state index contributed by atoms with van der Waals surface area (Å²) in [5.41, 5.74) is 1.37. The summed E-state index contributed by atoms with van der Waals surface area (Å²) >= 11 is 0. The van der Waals surface area contributed by atoms with Crippen LogP contribution in [-0.2, 0) is 9.53 Å². The molecule has 0 saturated carbocycles. The third kappa shape index (κ3) is 3.40. The predicted octanol–water partition coefficient (Wildman–Crippen LogP) is 2.40. The van der Waals surface area contributed by atoms with Gasteiger partial charge in [0, 0.05) is 31.2 Å². The molecule has 1 atom stereocenters. The van der Waals surface area contributed by atoms with E-state index in [2.05, 4.69) is 5.32 Å². The number of benzene rings is 1. The van der Waals surface area contributed by atoms with Crippen LogP contribution >= 0.6 is 0 Å². The average Bonchev–Trinajstić information content (AvgIpc) is 2.82. The fourth-order valence-electron chi connectivity index (χ4n) is 2.07. The van der Waals surface area contributed by atoms with E-state index in [-0.39, 0.29) is 17.8 Å². The first-order chi connectivity index (χ1) is 8.65. The second-order valence-electron chi connectivity index (χ2n) is 4.52. The topological polar surface area (TPSA) is 55.4 Å². The van der Waals surface area contributed by atoms with Gasteiger partial charge in [0.1, 0.15) is 0 Å². The predicted molar refractivity (Wildman–Crippen MR) is 68.7 cm³/mol. The number of rotatable bonds is 4. The molecule has 1 unspecified atom stereocenters. The van der Waals surface area contributed by atoms with Crippen LogP contribution in [0, 0.1) is 0 Å². The number of anilines is 1. The van der Waals surface area contributed by atoms with Crippen molar-refractivity contribution >= 4 is 17.4 Å². The molecule has 1 N–H and O–H groups in total. The zero-order chi connectivity index (χ0) is 13.0. The van der Waals surface area contributed by atoms with Crippen molar-refractivity contribution in [1.29, 1.82) is 0 Å². The molecule has 4 heteroatoms. The molecule has 0 aromatic heterocycles. The van der Waals surface area contributed by atoms with E-state index in [1.807, 2.05) is 0 Å². The molecule has 1 aromatic rings. The average molecular weight is 247 g/mol. The van der Waals surface area contributed by atoms with E-state index < -0.39 is 0 Å². The van der Waals surface area contributed by atoms with Crippen molar-refractivity contribution in [3.63, 3.8) is 0 Å². The highest BCUT2D eigenvalue weighted by atomic mass is 16.5. The second-order valence-corrected chi connectivity index (χ2v) is 4.52. The van der Waals surface area contributed by atoms with Gasteiger partial charge in [-0.15, -0.1) is 0 Å². The molecule has 1 aromatic carbocycles. The maximum absolute atomic E-state index is 12.0. The Kier molecular flexibility index (Phi) is 4.10. The number of carbonyl (C=O) groups is 2. The Balaban J connectivity index is 1.95. The van der Waals surface area contributed by atoms with Crippen molar-refractivity contribution in [3.8, 4) is 0 Å². The Labute approximate surface area is 106 Å². The first-order valence-electron chi connectivity index (χ1n) is 6.17. The minimum Gasteiger partial charge on any atom is -0.378 e. The van der Waals surface area contributed by atoms with Crippen LogP contribution in [-0.4, -0.2) is 24.4 Å². The second kappa shape index (κ2) is 5.78. The number of ether oxygens (including phenoxy) is 1. The van der Waals surface area contributed by atoms with Crippen molar-refractivity contribution < 1.29 is 14.3 Å². The Morgan fingerprint density at radius 3 is 2.61 bits per heavy atom.